The van der Waals surface area contributed by atoms with E-state index in [1.807, 2.05) is 12.1 Å². The van der Waals surface area contributed by atoms with Crippen molar-refractivity contribution in [3.05, 3.63) is 46.1 Å². The number of hydrogen-bond donors (Lipinski definition) is 2. The summed E-state index contributed by atoms with van der Waals surface area (Å²) < 4.78 is 26.6. The largest absolute Gasteiger partial charge is 0.398 e. The van der Waals surface area contributed by atoms with Gasteiger partial charge in [-0.25, -0.2) is 13.1 Å². The van der Waals surface area contributed by atoms with Crippen molar-refractivity contribution in [2.24, 2.45) is 5.92 Å². The van der Waals surface area contributed by atoms with Crippen LogP contribution >= 0.6 is 11.6 Å². The van der Waals surface area contributed by atoms with Gasteiger partial charge in [-0.05, 0) is 43.9 Å². The topological polar surface area (TPSA) is 85.1 Å². The highest BCUT2D eigenvalue weighted by atomic mass is 35.5. The van der Waals surface area contributed by atoms with Crippen molar-refractivity contribution >= 4 is 38.2 Å². The number of halogens is 1. The molecule has 0 saturated heterocycles. The van der Waals surface area contributed by atoms with Crippen LogP contribution in [0.3, 0.4) is 0 Å². The number of aromatic nitrogens is 1. The molecule has 2 aliphatic carbocycles. The number of benzene rings is 1. The summed E-state index contributed by atoms with van der Waals surface area (Å²) in [5.41, 5.74) is 11.2. The second-order valence-corrected chi connectivity index (χ2v) is 9.37. The molecule has 0 amide bonds. The van der Waals surface area contributed by atoms with Crippen LogP contribution in [0.5, 0.6) is 0 Å². The number of anilines is 1. The Morgan fingerprint density at radius 2 is 2.08 bits per heavy atom. The van der Waals surface area contributed by atoms with Gasteiger partial charge >= 0.3 is 0 Å². The fourth-order valence-corrected chi connectivity index (χ4v) is 5.32. The molecule has 1 aromatic heterocycles. The predicted molar refractivity (Wildman–Crippen MR) is 101 cm³/mol. The van der Waals surface area contributed by atoms with E-state index in [9.17, 15) is 8.42 Å². The highest BCUT2D eigenvalue weighted by Crippen LogP contribution is 2.47. The van der Waals surface area contributed by atoms with E-state index in [1.165, 1.54) is 11.8 Å². The summed E-state index contributed by atoms with van der Waals surface area (Å²) in [6.45, 7) is 2.09. The number of nitrogens with two attached hydrogens (primary N) is 1. The monoisotopic (exact) mass is 377 g/mol. The molecule has 0 aliphatic heterocycles. The number of nitrogens with one attached hydrogen (secondary N) is 1. The summed E-state index contributed by atoms with van der Waals surface area (Å²) in [6.07, 6.45) is 4.83. The average molecular weight is 378 g/mol. The summed E-state index contributed by atoms with van der Waals surface area (Å²) in [5.74, 6) is 0.0885. The van der Waals surface area contributed by atoms with Crippen LogP contribution in [0.2, 0.25) is 5.02 Å². The lowest BCUT2D eigenvalue weighted by atomic mass is 9.68. The van der Waals surface area contributed by atoms with Gasteiger partial charge in [-0.3, -0.25) is 4.98 Å². The smallest absolute Gasteiger partial charge is 0.208 e. The molecule has 132 valence electrons. The predicted octanol–water partition coefficient (Wildman–Crippen LogP) is 2.99. The Hall–Kier alpha value is -1.63. The van der Waals surface area contributed by atoms with Gasteiger partial charge in [0.25, 0.3) is 0 Å². The Morgan fingerprint density at radius 3 is 2.80 bits per heavy atom. The third kappa shape index (κ3) is 2.92. The first-order chi connectivity index (χ1) is 11.7. The molecule has 0 radical (unpaired) electrons. The second-order valence-electron chi connectivity index (χ2n) is 7.15. The minimum atomic E-state index is -3.30. The van der Waals surface area contributed by atoms with E-state index in [0.29, 0.717) is 17.1 Å². The molecule has 5 nitrogen and oxygen atoms in total. The van der Waals surface area contributed by atoms with Crippen LogP contribution in [0.25, 0.3) is 10.9 Å². The van der Waals surface area contributed by atoms with Gasteiger partial charge in [0, 0.05) is 39.3 Å². The lowest BCUT2D eigenvalue weighted by molar-refractivity contribution is 0.340. The van der Waals surface area contributed by atoms with Crippen molar-refractivity contribution in [2.75, 3.05) is 12.0 Å². The maximum atomic E-state index is 11.9. The molecular weight excluding hydrogens is 358 g/mol. The molecule has 1 heterocycles. The number of allylic oxidation sites excluding steroid dienone is 1. The van der Waals surface area contributed by atoms with Gasteiger partial charge in [-0.1, -0.05) is 23.3 Å². The lowest BCUT2D eigenvalue weighted by Crippen LogP contribution is -2.48. The van der Waals surface area contributed by atoms with E-state index < -0.39 is 10.0 Å². The van der Waals surface area contributed by atoms with Crippen LogP contribution in [-0.4, -0.2) is 25.7 Å². The maximum Gasteiger partial charge on any atom is 0.208 e. The summed E-state index contributed by atoms with van der Waals surface area (Å²) in [7, 11) is -3.30. The normalized spacial score (nSPS) is 25.6. The van der Waals surface area contributed by atoms with E-state index >= 15 is 0 Å². The van der Waals surface area contributed by atoms with Crippen LogP contribution in [0.1, 0.15) is 30.5 Å². The number of sulfonamides is 1. The van der Waals surface area contributed by atoms with Gasteiger partial charge < -0.3 is 5.73 Å². The van der Waals surface area contributed by atoms with Gasteiger partial charge in [0.05, 0.1) is 11.8 Å². The molecule has 7 heteroatoms. The van der Waals surface area contributed by atoms with Crippen LogP contribution < -0.4 is 10.5 Å². The Morgan fingerprint density at radius 1 is 1.32 bits per heavy atom. The fourth-order valence-electron chi connectivity index (χ4n) is 4.32. The SMILES string of the molecule is CC1=C[C@@H]2Cc3nc4cc(Cl)ccc4c(N)c3[C@@H](C1)[C@H]2NS(C)(=O)=O. The number of nitrogen functional groups attached to an aromatic ring is 1. The third-order valence-corrected chi connectivity index (χ3v) is 6.13. The lowest BCUT2D eigenvalue weighted by Gasteiger charge is -2.42. The Bertz CT molecular complexity index is 1020. The molecule has 2 bridgehead atoms. The van der Waals surface area contributed by atoms with Crippen molar-refractivity contribution in [3.8, 4) is 0 Å². The van der Waals surface area contributed by atoms with E-state index in [4.69, 9.17) is 22.3 Å². The quantitative estimate of drug-likeness (QED) is 0.788. The number of pyridine rings is 1. The van der Waals surface area contributed by atoms with E-state index in [0.717, 1.165) is 28.6 Å². The molecule has 3 N–H and O–H groups in total. The van der Waals surface area contributed by atoms with E-state index in [-0.39, 0.29) is 17.9 Å². The van der Waals surface area contributed by atoms with Crippen molar-refractivity contribution in [2.45, 2.75) is 31.7 Å². The molecule has 2 aromatic rings. The highest BCUT2D eigenvalue weighted by Gasteiger charge is 2.42. The molecule has 0 spiro atoms. The summed E-state index contributed by atoms with van der Waals surface area (Å²) >= 11 is 6.10. The fraction of sp³-hybridized carbons (Fsp3) is 0.389. The highest BCUT2D eigenvalue weighted by molar-refractivity contribution is 7.88. The van der Waals surface area contributed by atoms with Gasteiger partial charge in [0.2, 0.25) is 10.0 Å². The number of nitrogens with zero attached hydrogens (tertiary/aromatic N) is 1. The molecule has 1 aromatic carbocycles. The number of hydrogen-bond acceptors (Lipinski definition) is 4. The van der Waals surface area contributed by atoms with Gasteiger partial charge in [-0.15, -0.1) is 0 Å². The zero-order valence-electron chi connectivity index (χ0n) is 14.1. The Kier molecular flexibility index (Phi) is 3.83. The summed E-state index contributed by atoms with van der Waals surface area (Å²) in [6, 6.07) is 5.33. The minimum absolute atomic E-state index is 0.000975. The molecule has 0 saturated carbocycles. The van der Waals surface area contributed by atoms with Gasteiger partial charge in [0.15, 0.2) is 0 Å². The van der Waals surface area contributed by atoms with Crippen molar-refractivity contribution in [1.82, 2.24) is 9.71 Å². The molecule has 4 rings (SSSR count). The van der Waals surface area contributed by atoms with Crippen LogP contribution in [-0.2, 0) is 16.4 Å². The minimum Gasteiger partial charge on any atom is -0.398 e. The van der Waals surface area contributed by atoms with Gasteiger partial charge in [-0.2, -0.15) is 0 Å². The third-order valence-electron chi connectivity index (χ3n) is 5.19. The molecule has 2 aliphatic rings. The molecule has 25 heavy (non-hydrogen) atoms. The summed E-state index contributed by atoms with van der Waals surface area (Å²) in [5, 5.41) is 1.50. The zero-order valence-corrected chi connectivity index (χ0v) is 15.7. The molecular formula is C18H20ClN3O2S. The van der Waals surface area contributed by atoms with Crippen molar-refractivity contribution < 1.29 is 8.42 Å². The van der Waals surface area contributed by atoms with Crippen molar-refractivity contribution in [3.63, 3.8) is 0 Å². The second kappa shape index (κ2) is 5.69. The van der Waals surface area contributed by atoms with Crippen LogP contribution in [0.4, 0.5) is 5.69 Å². The first-order valence-corrected chi connectivity index (χ1v) is 10.5. The molecule has 3 atom stereocenters. The maximum absolute atomic E-state index is 11.9. The summed E-state index contributed by atoms with van der Waals surface area (Å²) in [4.78, 5) is 4.80. The zero-order chi connectivity index (χ0) is 17.9. The van der Waals surface area contributed by atoms with Crippen LogP contribution in [0.15, 0.2) is 29.8 Å². The van der Waals surface area contributed by atoms with E-state index in [1.54, 1.807) is 6.07 Å². The molecule has 0 unspecified atom stereocenters. The molecule has 0 fully saturated rings. The van der Waals surface area contributed by atoms with Crippen LogP contribution in [0, 0.1) is 5.92 Å². The van der Waals surface area contributed by atoms with Gasteiger partial charge in [0.1, 0.15) is 0 Å². The van der Waals surface area contributed by atoms with Crippen molar-refractivity contribution in [1.29, 1.82) is 0 Å². The Balaban J connectivity index is 1.92. The number of fused-ring (bicyclic) bond motifs is 5. The van der Waals surface area contributed by atoms with E-state index in [2.05, 4.69) is 17.7 Å². The average Bonchev–Trinajstić information content (AvgIpc) is 2.47. The first kappa shape index (κ1) is 16.8. The standard InChI is InChI=1S/C18H20ClN3O2S/c1-9-5-10-7-15-16(13(6-9)18(10)22-25(2,23)24)17(20)12-4-3-11(19)8-14(12)21-15/h3-5,8,10,13,18,22H,6-7H2,1-2H3,(H2,20,21)/t10-,13-,18+/m1/s1. The number of rotatable bonds is 2. The first-order valence-electron chi connectivity index (χ1n) is 8.25. The Labute approximate surface area is 152 Å².